The molecule has 0 fully saturated rings. The van der Waals surface area contributed by atoms with Crippen LogP contribution in [0.15, 0.2) is 17.1 Å². The van der Waals surface area contributed by atoms with E-state index in [-0.39, 0.29) is 11.5 Å². The first-order chi connectivity index (χ1) is 4.68. The molecule has 0 aromatic carbocycles. The van der Waals surface area contributed by atoms with Crippen molar-refractivity contribution < 1.29 is 4.79 Å². The van der Waals surface area contributed by atoms with Crippen LogP contribution in [0.4, 0.5) is 0 Å². The summed E-state index contributed by atoms with van der Waals surface area (Å²) >= 11 is 0. The van der Waals surface area contributed by atoms with E-state index in [1.807, 2.05) is 0 Å². The number of H-pyrrole nitrogens is 1. The molecule has 5 nitrogen and oxygen atoms in total. The molecule has 10 heavy (non-hydrogen) atoms. The van der Waals surface area contributed by atoms with Crippen molar-refractivity contribution in [2.24, 2.45) is 0 Å². The van der Waals surface area contributed by atoms with Crippen LogP contribution in [0.2, 0.25) is 0 Å². The molecule has 1 heterocycles. The Kier molecular flexibility index (Phi) is 1.57. The van der Waals surface area contributed by atoms with Crippen molar-refractivity contribution in [1.82, 2.24) is 9.89 Å². The van der Waals surface area contributed by atoms with E-state index in [9.17, 15) is 9.59 Å². The molecule has 0 bridgehead atoms. The predicted molar refractivity (Wildman–Crippen MR) is 35.1 cm³/mol. The Labute approximate surface area is 56.6 Å². The van der Waals surface area contributed by atoms with Gasteiger partial charge in [0, 0.05) is 13.0 Å². The molecule has 0 atom stereocenters. The molecule has 0 unspecified atom stereocenters. The normalized spacial score (nSPS) is 9.30. The van der Waals surface area contributed by atoms with Gasteiger partial charge in [0.05, 0.1) is 6.20 Å². The first-order valence-corrected chi connectivity index (χ1v) is 2.74. The highest BCUT2D eigenvalue weighted by Crippen LogP contribution is 1.71. The minimum absolute atomic E-state index is 0.230. The first-order valence-electron chi connectivity index (χ1n) is 2.74. The summed E-state index contributed by atoms with van der Waals surface area (Å²) in [5.74, 6) is -0.230. The molecule has 0 radical (unpaired) electrons. The van der Waals surface area contributed by atoms with Gasteiger partial charge in [0.25, 0.3) is 5.56 Å². The van der Waals surface area contributed by atoms with E-state index in [2.05, 4.69) is 10.5 Å². The minimum atomic E-state index is -0.242. The summed E-state index contributed by atoms with van der Waals surface area (Å²) in [5, 5.41) is 2.34. The van der Waals surface area contributed by atoms with Gasteiger partial charge in [-0.1, -0.05) is 0 Å². The highest BCUT2D eigenvalue weighted by atomic mass is 16.2. The largest absolute Gasteiger partial charge is 0.274 e. The van der Waals surface area contributed by atoms with Crippen molar-refractivity contribution in [3.05, 3.63) is 22.6 Å². The van der Waals surface area contributed by atoms with Crippen LogP contribution in [-0.2, 0) is 4.79 Å². The van der Waals surface area contributed by atoms with Crippen molar-refractivity contribution in [3.63, 3.8) is 0 Å². The SMILES string of the molecule is CC(=O)Nn1ccc(=O)[nH]1. The van der Waals surface area contributed by atoms with Gasteiger partial charge in [-0.15, -0.1) is 0 Å². The number of hydrogen-bond donors (Lipinski definition) is 2. The van der Waals surface area contributed by atoms with Gasteiger partial charge < -0.3 is 0 Å². The number of rotatable bonds is 1. The molecule has 5 heteroatoms. The standard InChI is InChI=1S/C5H7N3O2/c1-4(9)6-8-3-2-5(10)7-8/h2-3H,1H3,(H,6,9)(H,7,10). The fourth-order valence-electron chi connectivity index (χ4n) is 0.570. The molecule has 0 saturated carbocycles. The van der Waals surface area contributed by atoms with Crippen LogP contribution in [0.25, 0.3) is 0 Å². The van der Waals surface area contributed by atoms with Crippen LogP contribution in [-0.4, -0.2) is 15.8 Å². The van der Waals surface area contributed by atoms with E-state index in [4.69, 9.17) is 0 Å². The van der Waals surface area contributed by atoms with E-state index in [0.717, 1.165) is 0 Å². The van der Waals surface area contributed by atoms with Crippen LogP contribution in [0.1, 0.15) is 6.92 Å². The van der Waals surface area contributed by atoms with Gasteiger partial charge in [-0.2, -0.15) is 4.79 Å². The molecule has 0 aliphatic rings. The number of carbonyl (C=O) groups is 1. The number of hydrogen-bond acceptors (Lipinski definition) is 2. The third-order valence-corrected chi connectivity index (χ3v) is 0.884. The molecule has 0 saturated heterocycles. The molecule has 1 rings (SSSR count). The predicted octanol–water partition coefficient (Wildman–Crippen LogP) is -0.734. The Morgan fingerprint density at radius 1 is 1.80 bits per heavy atom. The van der Waals surface area contributed by atoms with E-state index >= 15 is 0 Å². The number of nitrogens with zero attached hydrogens (tertiary/aromatic N) is 1. The summed E-state index contributed by atoms with van der Waals surface area (Å²) in [7, 11) is 0. The van der Waals surface area contributed by atoms with E-state index in [0.29, 0.717) is 0 Å². The maximum atomic E-state index is 10.4. The van der Waals surface area contributed by atoms with Gasteiger partial charge >= 0.3 is 0 Å². The summed E-state index contributed by atoms with van der Waals surface area (Å²) in [6, 6.07) is 1.32. The maximum Gasteiger partial charge on any atom is 0.265 e. The van der Waals surface area contributed by atoms with Crippen molar-refractivity contribution in [2.75, 3.05) is 5.43 Å². The molecular formula is C5H7N3O2. The second kappa shape index (κ2) is 2.38. The molecule has 0 aliphatic carbocycles. The molecule has 2 N–H and O–H groups in total. The fourth-order valence-corrected chi connectivity index (χ4v) is 0.570. The average molecular weight is 141 g/mol. The highest BCUT2D eigenvalue weighted by molar-refractivity contribution is 5.80. The Balaban J connectivity index is 2.76. The first kappa shape index (κ1) is 6.60. The highest BCUT2D eigenvalue weighted by Gasteiger charge is 1.91. The van der Waals surface area contributed by atoms with Crippen LogP contribution >= 0.6 is 0 Å². The lowest BCUT2D eigenvalue weighted by molar-refractivity contribution is -0.115. The number of aromatic nitrogens is 2. The molecular weight excluding hydrogens is 134 g/mol. The van der Waals surface area contributed by atoms with Gasteiger partial charge in [-0.3, -0.25) is 9.59 Å². The van der Waals surface area contributed by atoms with Gasteiger partial charge in [0.15, 0.2) is 0 Å². The Hall–Kier alpha value is -1.52. The van der Waals surface area contributed by atoms with Crippen LogP contribution < -0.4 is 11.0 Å². The van der Waals surface area contributed by atoms with Gasteiger partial charge in [0.1, 0.15) is 0 Å². The summed E-state index contributed by atoms with van der Waals surface area (Å²) in [6.45, 7) is 1.36. The maximum absolute atomic E-state index is 10.4. The molecule has 1 aromatic heterocycles. The quantitative estimate of drug-likeness (QED) is 0.541. The molecule has 0 aliphatic heterocycles. The van der Waals surface area contributed by atoms with E-state index in [1.165, 1.54) is 24.0 Å². The lowest BCUT2D eigenvalue weighted by atomic mass is 10.7. The van der Waals surface area contributed by atoms with Crippen LogP contribution in [0.3, 0.4) is 0 Å². The van der Waals surface area contributed by atoms with Crippen LogP contribution in [0.5, 0.6) is 0 Å². The lowest BCUT2D eigenvalue weighted by Gasteiger charge is -1.98. The third kappa shape index (κ3) is 1.48. The van der Waals surface area contributed by atoms with Crippen molar-refractivity contribution in [2.45, 2.75) is 6.92 Å². The zero-order valence-electron chi connectivity index (χ0n) is 5.42. The average Bonchev–Trinajstić information content (AvgIpc) is 2.13. The lowest BCUT2D eigenvalue weighted by Crippen LogP contribution is -2.21. The molecule has 1 amide bonds. The summed E-state index contributed by atoms with van der Waals surface area (Å²) in [6.07, 6.45) is 1.43. The topological polar surface area (TPSA) is 66.9 Å². The van der Waals surface area contributed by atoms with Crippen molar-refractivity contribution in [1.29, 1.82) is 0 Å². The van der Waals surface area contributed by atoms with Gasteiger partial charge in [-0.25, -0.2) is 10.5 Å². The molecule has 1 aromatic rings. The Morgan fingerprint density at radius 3 is 2.90 bits per heavy atom. The summed E-state index contributed by atoms with van der Waals surface area (Å²) < 4.78 is 0. The summed E-state index contributed by atoms with van der Waals surface area (Å²) in [5.41, 5.74) is 2.11. The zero-order valence-corrected chi connectivity index (χ0v) is 5.42. The third-order valence-electron chi connectivity index (χ3n) is 0.884. The van der Waals surface area contributed by atoms with Gasteiger partial charge in [-0.05, 0) is 0 Å². The number of amides is 1. The molecule has 54 valence electrons. The summed E-state index contributed by atoms with van der Waals surface area (Å²) in [4.78, 5) is 22.0. The van der Waals surface area contributed by atoms with Gasteiger partial charge in [0.2, 0.25) is 5.91 Å². The van der Waals surface area contributed by atoms with Crippen molar-refractivity contribution in [3.8, 4) is 0 Å². The number of aromatic amines is 1. The minimum Gasteiger partial charge on any atom is -0.274 e. The van der Waals surface area contributed by atoms with E-state index < -0.39 is 0 Å². The monoisotopic (exact) mass is 141 g/mol. The number of carbonyl (C=O) groups excluding carboxylic acids is 1. The Bertz CT molecular complexity index is 285. The second-order valence-corrected chi connectivity index (χ2v) is 1.83. The smallest absolute Gasteiger partial charge is 0.265 e. The second-order valence-electron chi connectivity index (χ2n) is 1.83. The molecule has 0 spiro atoms. The van der Waals surface area contributed by atoms with Crippen molar-refractivity contribution >= 4 is 5.91 Å². The van der Waals surface area contributed by atoms with Crippen LogP contribution in [0, 0.1) is 0 Å². The Morgan fingerprint density at radius 2 is 2.50 bits per heavy atom. The fraction of sp³-hybridized carbons (Fsp3) is 0.200. The number of nitrogens with one attached hydrogen (secondary N) is 2. The van der Waals surface area contributed by atoms with E-state index in [1.54, 1.807) is 0 Å². The zero-order chi connectivity index (χ0) is 7.56.